The van der Waals surface area contributed by atoms with Gasteiger partial charge < -0.3 is 19.4 Å². The molecular formula is C26H26N4O4S2. The van der Waals surface area contributed by atoms with Gasteiger partial charge in [-0.15, -0.1) is 21.5 Å². The normalized spacial score (nSPS) is 10.8. The molecule has 0 atom stereocenters. The summed E-state index contributed by atoms with van der Waals surface area (Å²) >= 11 is 2.61. The fourth-order valence-electron chi connectivity index (χ4n) is 3.55. The highest BCUT2D eigenvalue weighted by Crippen LogP contribution is 2.40. The molecule has 0 unspecified atom stereocenters. The Hall–Kier alpha value is -3.63. The van der Waals surface area contributed by atoms with Crippen molar-refractivity contribution in [3.05, 3.63) is 76.4 Å². The molecule has 4 aromatic rings. The number of amides is 1. The van der Waals surface area contributed by atoms with Crippen LogP contribution in [0.1, 0.15) is 26.6 Å². The average Bonchev–Trinajstić information content (AvgIpc) is 3.40. The Morgan fingerprint density at radius 2 is 1.78 bits per heavy atom. The maximum absolute atomic E-state index is 12.8. The minimum Gasteiger partial charge on any atom is -0.486 e. The van der Waals surface area contributed by atoms with E-state index in [1.807, 2.05) is 75.5 Å². The fourth-order valence-corrected chi connectivity index (χ4v) is 5.36. The van der Waals surface area contributed by atoms with E-state index in [1.54, 1.807) is 4.57 Å². The van der Waals surface area contributed by atoms with Gasteiger partial charge in [-0.3, -0.25) is 4.79 Å². The lowest BCUT2D eigenvalue weighted by Gasteiger charge is -2.08. The van der Waals surface area contributed by atoms with Gasteiger partial charge in [-0.25, -0.2) is 4.79 Å². The van der Waals surface area contributed by atoms with E-state index < -0.39 is 5.97 Å². The van der Waals surface area contributed by atoms with Gasteiger partial charge in [0.05, 0.1) is 12.9 Å². The quantitative estimate of drug-likeness (QED) is 0.237. The van der Waals surface area contributed by atoms with Crippen LogP contribution in [0.25, 0.3) is 11.1 Å². The van der Waals surface area contributed by atoms with Crippen LogP contribution in [0.5, 0.6) is 5.75 Å². The molecular weight excluding hydrogens is 496 g/mol. The van der Waals surface area contributed by atoms with Crippen LogP contribution in [0.2, 0.25) is 0 Å². The molecule has 10 heteroatoms. The largest absolute Gasteiger partial charge is 0.486 e. The number of thiophene rings is 1. The number of esters is 1. The number of hydrogen-bond donors (Lipinski definition) is 1. The summed E-state index contributed by atoms with van der Waals surface area (Å²) in [4.78, 5) is 26.3. The predicted octanol–water partition coefficient (Wildman–Crippen LogP) is 5.26. The van der Waals surface area contributed by atoms with Crippen LogP contribution in [0, 0.1) is 13.8 Å². The number of carbonyl (C=O) groups is 2. The van der Waals surface area contributed by atoms with Crippen LogP contribution in [0.15, 0.2) is 59.8 Å². The summed E-state index contributed by atoms with van der Waals surface area (Å²) in [6, 6.07) is 17.4. The number of hydrogen-bond acceptors (Lipinski definition) is 8. The van der Waals surface area contributed by atoms with Gasteiger partial charge in [-0.05, 0) is 31.5 Å². The lowest BCUT2D eigenvalue weighted by atomic mass is 10.0. The molecule has 0 aliphatic rings. The zero-order chi connectivity index (χ0) is 25.7. The van der Waals surface area contributed by atoms with E-state index >= 15 is 0 Å². The summed E-state index contributed by atoms with van der Waals surface area (Å²) in [5.74, 6) is 0.745. The maximum atomic E-state index is 12.8. The number of nitrogens with zero attached hydrogens (tertiary/aromatic N) is 3. The second kappa shape index (κ2) is 11.4. The molecule has 8 nitrogen and oxygen atoms in total. The van der Waals surface area contributed by atoms with Gasteiger partial charge in [-0.1, -0.05) is 59.8 Å². The highest BCUT2D eigenvalue weighted by atomic mass is 32.2. The van der Waals surface area contributed by atoms with Crippen LogP contribution >= 0.6 is 23.1 Å². The van der Waals surface area contributed by atoms with Crippen LogP contribution < -0.4 is 10.1 Å². The van der Waals surface area contributed by atoms with Crippen LogP contribution in [-0.4, -0.2) is 39.5 Å². The Balaban J connectivity index is 1.42. The molecule has 0 saturated heterocycles. The van der Waals surface area contributed by atoms with Crippen molar-refractivity contribution in [1.82, 2.24) is 14.8 Å². The summed E-state index contributed by atoms with van der Waals surface area (Å²) in [7, 11) is 3.16. The van der Waals surface area contributed by atoms with Crippen molar-refractivity contribution in [2.75, 3.05) is 18.2 Å². The molecule has 0 bridgehead atoms. The topological polar surface area (TPSA) is 95.3 Å². The highest BCUT2D eigenvalue weighted by molar-refractivity contribution is 7.99. The summed E-state index contributed by atoms with van der Waals surface area (Å²) in [5.41, 5.74) is 3.17. The molecule has 1 N–H and O–H groups in total. The first-order chi connectivity index (χ1) is 17.4. The van der Waals surface area contributed by atoms with Crippen molar-refractivity contribution in [2.24, 2.45) is 7.05 Å². The van der Waals surface area contributed by atoms with Crippen molar-refractivity contribution < 1.29 is 19.1 Å². The van der Waals surface area contributed by atoms with Crippen molar-refractivity contribution >= 4 is 40.0 Å². The zero-order valence-corrected chi connectivity index (χ0v) is 22.0. The molecule has 2 heterocycles. The molecule has 0 radical (unpaired) electrons. The molecule has 0 saturated carbocycles. The molecule has 1 amide bonds. The second-order valence-corrected chi connectivity index (χ2v) is 10.2. The Kier molecular flexibility index (Phi) is 8.07. The number of rotatable bonds is 9. The molecule has 4 rings (SSSR count). The third kappa shape index (κ3) is 5.77. The fraction of sp³-hybridized carbons (Fsp3) is 0.231. The van der Waals surface area contributed by atoms with E-state index in [0.29, 0.717) is 21.5 Å². The van der Waals surface area contributed by atoms with Gasteiger partial charge in [0.1, 0.15) is 22.9 Å². The van der Waals surface area contributed by atoms with Crippen LogP contribution in [0.3, 0.4) is 0 Å². The lowest BCUT2D eigenvalue weighted by molar-refractivity contribution is -0.113. The molecule has 0 aliphatic heterocycles. The van der Waals surface area contributed by atoms with E-state index in [4.69, 9.17) is 9.47 Å². The molecule has 0 aliphatic carbocycles. The molecule has 2 aromatic carbocycles. The lowest BCUT2D eigenvalue weighted by Crippen LogP contribution is -2.16. The monoisotopic (exact) mass is 522 g/mol. The van der Waals surface area contributed by atoms with Gasteiger partial charge >= 0.3 is 5.97 Å². The van der Waals surface area contributed by atoms with Crippen molar-refractivity contribution in [2.45, 2.75) is 25.6 Å². The summed E-state index contributed by atoms with van der Waals surface area (Å²) in [6.07, 6.45) is 0. The average molecular weight is 523 g/mol. The number of aromatic nitrogens is 3. The predicted molar refractivity (Wildman–Crippen MR) is 142 cm³/mol. The first-order valence-electron chi connectivity index (χ1n) is 11.1. The number of benzene rings is 2. The molecule has 0 spiro atoms. The van der Waals surface area contributed by atoms with Gasteiger partial charge in [0.2, 0.25) is 5.91 Å². The maximum Gasteiger partial charge on any atom is 0.341 e. The minimum atomic E-state index is -0.493. The summed E-state index contributed by atoms with van der Waals surface area (Å²) < 4.78 is 12.6. The second-order valence-electron chi connectivity index (χ2n) is 7.99. The van der Waals surface area contributed by atoms with Crippen molar-refractivity contribution in [3.63, 3.8) is 0 Å². The van der Waals surface area contributed by atoms with Gasteiger partial charge in [-0.2, -0.15) is 0 Å². The van der Waals surface area contributed by atoms with E-state index in [1.165, 1.54) is 30.2 Å². The number of nitrogens with one attached hydrogen (secondary N) is 1. The zero-order valence-electron chi connectivity index (χ0n) is 20.4. The first-order valence-corrected chi connectivity index (χ1v) is 12.9. The Labute approximate surface area is 217 Å². The highest BCUT2D eigenvalue weighted by Gasteiger charge is 2.25. The van der Waals surface area contributed by atoms with Crippen LogP contribution in [-0.2, 0) is 23.2 Å². The number of methoxy groups -OCH3 is 1. The standard InChI is InChI=1S/C26H26N4O4S2/c1-16-10-12-19(13-11-16)34-14-20-28-29-26(30(20)3)35-15-21(31)27-24-23(25(32)33-4)22(17(2)36-24)18-8-6-5-7-9-18/h5-13H,14-15H2,1-4H3,(H,27,31). The van der Waals surface area contributed by atoms with E-state index in [2.05, 4.69) is 15.5 Å². The number of thioether (sulfide) groups is 1. The van der Waals surface area contributed by atoms with Gasteiger partial charge in [0.25, 0.3) is 0 Å². The molecule has 36 heavy (non-hydrogen) atoms. The third-order valence-corrected chi connectivity index (χ3v) is 7.48. The minimum absolute atomic E-state index is 0.100. The molecule has 0 fully saturated rings. The van der Waals surface area contributed by atoms with E-state index in [0.717, 1.165) is 27.3 Å². The van der Waals surface area contributed by atoms with Crippen LogP contribution in [0.4, 0.5) is 5.00 Å². The Morgan fingerprint density at radius 3 is 2.47 bits per heavy atom. The smallest absolute Gasteiger partial charge is 0.341 e. The first kappa shape index (κ1) is 25.5. The number of carbonyl (C=O) groups excluding carboxylic acids is 2. The Morgan fingerprint density at radius 1 is 1.06 bits per heavy atom. The van der Waals surface area contributed by atoms with E-state index in [-0.39, 0.29) is 18.3 Å². The Bertz CT molecular complexity index is 1360. The van der Waals surface area contributed by atoms with Gasteiger partial charge in [0.15, 0.2) is 11.0 Å². The third-order valence-electron chi connectivity index (χ3n) is 5.44. The number of ether oxygens (including phenoxy) is 2. The van der Waals surface area contributed by atoms with E-state index in [9.17, 15) is 9.59 Å². The van der Waals surface area contributed by atoms with Crippen molar-refractivity contribution in [1.29, 1.82) is 0 Å². The number of aryl methyl sites for hydroxylation is 2. The van der Waals surface area contributed by atoms with Crippen molar-refractivity contribution in [3.8, 4) is 16.9 Å². The summed E-state index contributed by atoms with van der Waals surface area (Å²) in [5, 5.41) is 12.3. The summed E-state index contributed by atoms with van der Waals surface area (Å²) in [6.45, 7) is 4.20. The van der Waals surface area contributed by atoms with Gasteiger partial charge in [0, 0.05) is 17.5 Å². The number of anilines is 1. The molecule has 2 aromatic heterocycles. The SMILES string of the molecule is COC(=O)c1c(NC(=O)CSc2nnc(COc3ccc(C)cc3)n2C)sc(C)c1-c1ccccc1. The molecule has 186 valence electrons.